The number of hydrogen-bond acceptors (Lipinski definition) is 5. The molecule has 42 valence electrons. The van der Waals surface area contributed by atoms with E-state index in [1.807, 2.05) is 0 Å². The molecule has 0 aromatic carbocycles. The molecule has 0 aliphatic carbocycles. The average Bonchev–Trinajstić information content (AvgIpc) is 0.722. The van der Waals surface area contributed by atoms with E-state index in [2.05, 4.69) is 0 Å². The Morgan fingerprint density at radius 2 is 1.14 bits per heavy atom. The summed E-state index contributed by atoms with van der Waals surface area (Å²) in [5, 5.41) is 0. The number of hydrogen-bond donors (Lipinski definition) is 0. The zero-order valence-corrected chi connectivity index (χ0v) is 6.26. The molecule has 0 amide bonds. The summed E-state index contributed by atoms with van der Waals surface area (Å²) in [5.74, 6) is 0. The molecule has 0 saturated carbocycles. The van der Waals surface area contributed by atoms with Crippen molar-refractivity contribution in [2.24, 2.45) is 0 Å². The minimum Gasteiger partial charge on any atom is -0.870 e. The summed E-state index contributed by atoms with van der Waals surface area (Å²) in [6.45, 7) is 0. The van der Waals surface area contributed by atoms with Crippen LogP contribution < -0.4 is 0 Å². The van der Waals surface area contributed by atoms with Crippen molar-refractivity contribution in [1.82, 2.24) is 0 Å². The third kappa shape index (κ3) is 293. The van der Waals surface area contributed by atoms with Crippen molar-refractivity contribution in [3.05, 3.63) is 0 Å². The maximum atomic E-state index is 8.52. The van der Waals surface area contributed by atoms with Crippen LogP contribution in [-0.2, 0) is 36.6 Å². The summed E-state index contributed by atoms with van der Waals surface area (Å²) in [7, 11) is -5.17. The zero-order valence-electron chi connectivity index (χ0n) is 2.99. The molecule has 0 radical (unpaired) electrons. The normalized spacial score (nSPS) is 8.29. The third-order valence-corrected chi connectivity index (χ3v) is 0. The van der Waals surface area contributed by atoms with Crippen molar-refractivity contribution in [3.63, 3.8) is 0 Å². The van der Waals surface area contributed by atoms with Crippen molar-refractivity contribution in [2.75, 3.05) is 0 Å². The quantitative estimate of drug-likeness (QED) is 0.351. The van der Waals surface area contributed by atoms with Gasteiger partial charge in [0.25, 0.3) is 0 Å². The third-order valence-electron chi connectivity index (χ3n) is 0. The van der Waals surface area contributed by atoms with E-state index in [4.69, 9.17) is 17.5 Å². The van der Waals surface area contributed by atoms with Gasteiger partial charge in [-0.05, 0) is 0 Å². The molecule has 0 aliphatic rings. The summed E-state index contributed by atoms with van der Waals surface area (Å²) < 4.78 is 34.1. The van der Waals surface area contributed by atoms with Crippen LogP contribution in [0.4, 0.5) is 0 Å². The van der Waals surface area contributed by atoms with Crippen LogP contribution in [-0.4, -0.2) is 23.0 Å². The first-order valence-corrected chi connectivity index (χ1v) is 2.00. The maximum Gasteiger partial charge on any atom is 2.00 e. The summed E-state index contributed by atoms with van der Waals surface area (Å²) in [6.07, 6.45) is 0. The van der Waals surface area contributed by atoms with Gasteiger partial charge in [-0.3, -0.25) is 8.42 Å². The molecule has 0 spiro atoms. The van der Waals surface area contributed by atoms with E-state index in [9.17, 15) is 0 Å². The van der Waals surface area contributed by atoms with Crippen LogP contribution >= 0.6 is 0 Å². The van der Waals surface area contributed by atoms with E-state index in [1.165, 1.54) is 0 Å². The van der Waals surface area contributed by atoms with Crippen molar-refractivity contribution < 1.29 is 49.2 Å². The van der Waals surface area contributed by atoms with Crippen LogP contribution in [0, 0.1) is 0 Å². The molecule has 0 heterocycles. The molecule has 5 nitrogen and oxygen atoms in total. The first kappa shape index (κ1) is 15.6. The van der Waals surface area contributed by atoms with Crippen LogP contribution in [0.2, 0.25) is 0 Å². The Morgan fingerprint density at radius 3 is 1.14 bits per heavy atom. The molecule has 0 aliphatic heterocycles. The van der Waals surface area contributed by atoms with Gasteiger partial charge < -0.3 is 14.6 Å². The molecule has 0 aromatic rings. The molecule has 0 aromatic heterocycles. The van der Waals surface area contributed by atoms with Gasteiger partial charge in [-0.25, -0.2) is 0 Å². The van der Waals surface area contributed by atoms with Crippen LogP contribution in [0.25, 0.3) is 0 Å². The van der Waals surface area contributed by atoms with Crippen LogP contribution in [0.1, 0.15) is 0 Å². The predicted molar refractivity (Wildman–Crippen MR) is 12.4 cm³/mol. The smallest absolute Gasteiger partial charge is 0.870 e. The fraction of sp³-hybridized carbons (Fsp3) is 0. The Morgan fingerprint density at radius 1 is 1.14 bits per heavy atom. The second-order valence-corrected chi connectivity index (χ2v) is 1.22. The fourth-order valence-electron chi connectivity index (χ4n) is 0. The summed E-state index contributed by atoms with van der Waals surface area (Å²) in [4.78, 5) is 0. The Hall–Kier alpha value is 0.713. The number of rotatable bonds is 0. The van der Waals surface area contributed by atoms with Crippen LogP contribution in [0.15, 0.2) is 0 Å². The van der Waals surface area contributed by atoms with Crippen molar-refractivity contribution in [2.45, 2.75) is 0 Å². The Bertz CT molecular complexity index is 91.2. The maximum absolute atomic E-state index is 8.52. The average molecular weight is 204 g/mol. The SMILES string of the molecule is O=S(=O)([O-])[O-].[OH-].[Zr+2]. The molecular formula is HO5SZr-. The van der Waals surface area contributed by atoms with Crippen molar-refractivity contribution in [1.29, 1.82) is 0 Å². The van der Waals surface area contributed by atoms with Crippen LogP contribution in [0.5, 0.6) is 0 Å². The van der Waals surface area contributed by atoms with Gasteiger partial charge in [0.2, 0.25) is 0 Å². The Kier molecular flexibility index (Phi) is 10.9. The van der Waals surface area contributed by atoms with Gasteiger partial charge in [-0.1, -0.05) is 0 Å². The topological polar surface area (TPSA) is 110 Å². The van der Waals surface area contributed by atoms with Gasteiger partial charge in [-0.2, -0.15) is 0 Å². The first-order chi connectivity index (χ1) is 2.00. The molecule has 0 bridgehead atoms. The molecule has 0 unspecified atom stereocenters. The first-order valence-electron chi connectivity index (χ1n) is 0.667. The summed E-state index contributed by atoms with van der Waals surface area (Å²) >= 11 is 0. The second-order valence-electron chi connectivity index (χ2n) is 0.408. The van der Waals surface area contributed by atoms with E-state index in [-0.39, 0.29) is 31.7 Å². The molecule has 0 rings (SSSR count). The minimum atomic E-state index is -5.17. The van der Waals surface area contributed by atoms with Gasteiger partial charge in [0.05, 0.1) is 0 Å². The fourth-order valence-corrected chi connectivity index (χ4v) is 0. The minimum absolute atomic E-state index is 0. The molecule has 0 fully saturated rings. The Balaban J connectivity index is -0.0000000800. The predicted octanol–water partition coefficient (Wildman–Crippen LogP) is -1.52. The summed E-state index contributed by atoms with van der Waals surface area (Å²) in [5.41, 5.74) is 0. The molecule has 0 atom stereocenters. The van der Waals surface area contributed by atoms with Gasteiger partial charge in [0.15, 0.2) is 0 Å². The second kappa shape index (κ2) is 4.86. The Labute approximate surface area is 59.7 Å². The largest absolute Gasteiger partial charge is 2.00 e. The standard InChI is InChI=1S/H2O4S.H2O.Zr/c1-5(2,3)4;;/h(H2,1,2,3,4);1H2;/q;;+2/p-3. The van der Waals surface area contributed by atoms with Gasteiger partial charge in [-0.15, -0.1) is 0 Å². The van der Waals surface area contributed by atoms with Crippen molar-refractivity contribution >= 4 is 10.4 Å². The molecule has 7 heteroatoms. The molecule has 0 saturated heterocycles. The van der Waals surface area contributed by atoms with E-state index in [0.717, 1.165) is 0 Å². The van der Waals surface area contributed by atoms with E-state index in [1.54, 1.807) is 0 Å². The van der Waals surface area contributed by atoms with Gasteiger partial charge in [0.1, 0.15) is 0 Å². The molecule has 7 heavy (non-hydrogen) atoms. The molecule has 1 N–H and O–H groups in total. The zero-order chi connectivity index (χ0) is 4.50. The van der Waals surface area contributed by atoms with Crippen molar-refractivity contribution in [3.8, 4) is 0 Å². The van der Waals surface area contributed by atoms with E-state index >= 15 is 0 Å². The van der Waals surface area contributed by atoms with Gasteiger partial charge >= 0.3 is 26.2 Å². The van der Waals surface area contributed by atoms with E-state index in [0.29, 0.717) is 0 Å². The van der Waals surface area contributed by atoms with Crippen LogP contribution in [0.3, 0.4) is 0 Å². The monoisotopic (exact) mass is 203 g/mol. The molecular weight excluding hydrogens is 203 g/mol. The summed E-state index contributed by atoms with van der Waals surface area (Å²) in [6, 6.07) is 0. The van der Waals surface area contributed by atoms with E-state index < -0.39 is 10.4 Å². The van der Waals surface area contributed by atoms with Gasteiger partial charge in [0, 0.05) is 10.4 Å².